The number of halogens is 1. The number of rotatable bonds is 8. The van der Waals surface area contributed by atoms with Crippen molar-refractivity contribution in [3.05, 3.63) is 33.4 Å². The van der Waals surface area contributed by atoms with Crippen LogP contribution in [0.3, 0.4) is 0 Å². The van der Waals surface area contributed by atoms with Crippen LogP contribution in [0.4, 0.5) is 0 Å². The third kappa shape index (κ3) is 6.88. The maximum atomic E-state index is 11.8. The first kappa shape index (κ1) is 18.4. The van der Waals surface area contributed by atoms with Crippen molar-refractivity contribution in [2.24, 2.45) is 5.73 Å². The zero-order valence-electron chi connectivity index (χ0n) is 12.3. The Hall–Kier alpha value is -1.64. The molecule has 7 heteroatoms. The molecule has 3 N–H and O–H groups in total. The van der Waals surface area contributed by atoms with Crippen molar-refractivity contribution in [3.8, 4) is 0 Å². The Kier molecular flexibility index (Phi) is 7.86. The molecule has 0 aliphatic rings. The van der Waals surface area contributed by atoms with Crippen LogP contribution in [-0.2, 0) is 25.5 Å². The fraction of sp³-hybridized carbons (Fsp3) is 0.400. The Bertz CT molecular complexity index is 548. The quantitative estimate of drug-likeness (QED) is 0.489. The standard InChI is InChI=1S/C15H19IN2O4/c1-2-22-14(20)7-6-13(19)18-12(15(17)21)9-10-4-3-5-11(16)8-10/h3-5,8,12H,2,6-7,9H2,1H3,(H2,17,21)(H,18,19)/t12-/m0/s1. The second-order valence-electron chi connectivity index (χ2n) is 4.66. The highest BCUT2D eigenvalue weighted by atomic mass is 127. The van der Waals surface area contributed by atoms with E-state index in [-0.39, 0.29) is 19.4 Å². The number of benzene rings is 1. The van der Waals surface area contributed by atoms with Crippen LogP contribution in [-0.4, -0.2) is 30.4 Å². The van der Waals surface area contributed by atoms with E-state index in [0.29, 0.717) is 6.42 Å². The van der Waals surface area contributed by atoms with Crippen molar-refractivity contribution < 1.29 is 19.1 Å². The topological polar surface area (TPSA) is 98.5 Å². The summed E-state index contributed by atoms with van der Waals surface area (Å²) in [5, 5.41) is 2.56. The van der Waals surface area contributed by atoms with Crippen molar-refractivity contribution in [2.75, 3.05) is 6.61 Å². The second kappa shape index (κ2) is 9.39. The molecule has 1 atom stereocenters. The van der Waals surface area contributed by atoms with Crippen LogP contribution in [0.2, 0.25) is 0 Å². The molecule has 2 amide bonds. The van der Waals surface area contributed by atoms with Gasteiger partial charge in [0, 0.05) is 16.4 Å². The summed E-state index contributed by atoms with van der Waals surface area (Å²) < 4.78 is 5.78. The predicted molar refractivity (Wildman–Crippen MR) is 89.9 cm³/mol. The van der Waals surface area contributed by atoms with Gasteiger partial charge in [-0.1, -0.05) is 12.1 Å². The van der Waals surface area contributed by atoms with Gasteiger partial charge >= 0.3 is 5.97 Å². The first-order valence-corrected chi connectivity index (χ1v) is 7.99. The second-order valence-corrected chi connectivity index (χ2v) is 5.91. The molecule has 0 aliphatic carbocycles. The van der Waals surface area contributed by atoms with Gasteiger partial charge in [-0.15, -0.1) is 0 Å². The van der Waals surface area contributed by atoms with Gasteiger partial charge in [0.2, 0.25) is 11.8 Å². The van der Waals surface area contributed by atoms with Gasteiger partial charge in [-0.3, -0.25) is 14.4 Å². The maximum absolute atomic E-state index is 11.8. The van der Waals surface area contributed by atoms with Crippen molar-refractivity contribution in [1.82, 2.24) is 5.32 Å². The molecule has 0 radical (unpaired) electrons. The number of esters is 1. The van der Waals surface area contributed by atoms with Gasteiger partial charge in [-0.05, 0) is 47.2 Å². The fourth-order valence-corrected chi connectivity index (χ4v) is 2.45. The average Bonchev–Trinajstić information content (AvgIpc) is 2.45. The van der Waals surface area contributed by atoms with E-state index < -0.39 is 23.8 Å². The molecule has 0 aromatic heterocycles. The molecular weight excluding hydrogens is 399 g/mol. The molecule has 6 nitrogen and oxygen atoms in total. The van der Waals surface area contributed by atoms with Gasteiger partial charge in [0.1, 0.15) is 6.04 Å². The molecule has 0 aliphatic heterocycles. The molecule has 1 rings (SSSR count). The predicted octanol–water partition coefficient (Wildman–Crippen LogP) is 1.15. The van der Waals surface area contributed by atoms with E-state index in [1.165, 1.54) is 0 Å². The van der Waals surface area contributed by atoms with E-state index in [4.69, 9.17) is 10.5 Å². The molecule has 120 valence electrons. The van der Waals surface area contributed by atoms with Gasteiger partial charge in [0.05, 0.1) is 13.0 Å². The van der Waals surface area contributed by atoms with E-state index >= 15 is 0 Å². The summed E-state index contributed by atoms with van der Waals surface area (Å²) in [7, 11) is 0. The number of hydrogen-bond acceptors (Lipinski definition) is 4. The van der Waals surface area contributed by atoms with Crippen LogP contribution in [0.15, 0.2) is 24.3 Å². The molecule has 0 fully saturated rings. The Morgan fingerprint density at radius 3 is 2.64 bits per heavy atom. The molecular formula is C15H19IN2O4. The van der Waals surface area contributed by atoms with E-state index in [0.717, 1.165) is 9.13 Å². The Morgan fingerprint density at radius 1 is 1.32 bits per heavy atom. The van der Waals surface area contributed by atoms with Crippen molar-refractivity contribution >= 4 is 40.4 Å². The Morgan fingerprint density at radius 2 is 2.05 bits per heavy atom. The van der Waals surface area contributed by atoms with E-state index in [1.807, 2.05) is 24.3 Å². The van der Waals surface area contributed by atoms with Crippen LogP contribution in [0, 0.1) is 3.57 Å². The summed E-state index contributed by atoms with van der Waals surface area (Å²) in [6.45, 7) is 1.97. The van der Waals surface area contributed by atoms with Gasteiger partial charge in [-0.2, -0.15) is 0 Å². The van der Waals surface area contributed by atoms with Crippen molar-refractivity contribution in [2.45, 2.75) is 32.2 Å². The molecule has 0 saturated heterocycles. The van der Waals surface area contributed by atoms with Crippen LogP contribution in [0.1, 0.15) is 25.3 Å². The van der Waals surface area contributed by atoms with Crippen LogP contribution in [0.25, 0.3) is 0 Å². The Balaban J connectivity index is 2.55. The molecule has 22 heavy (non-hydrogen) atoms. The summed E-state index contributed by atoms with van der Waals surface area (Å²) in [6, 6.07) is 6.79. The lowest BCUT2D eigenvalue weighted by atomic mass is 10.1. The fourth-order valence-electron chi connectivity index (χ4n) is 1.84. The highest BCUT2D eigenvalue weighted by Crippen LogP contribution is 2.10. The molecule has 0 saturated carbocycles. The molecule has 0 bridgehead atoms. The largest absolute Gasteiger partial charge is 0.466 e. The van der Waals surface area contributed by atoms with Gasteiger partial charge < -0.3 is 15.8 Å². The summed E-state index contributed by atoms with van der Waals surface area (Å²) in [5.41, 5.74) is 6.23. The minimum Gasteiger partial charge on any atom is -0.466 e. The number of nitrogens with one attached hydrogen (secondary N) is 1. The summed E-state index contributed by atoms with van der Waals surface area (Å²) >= 11 is 2.17. The lowest BCUT2D eigenvalue weighted by molar-refractivity contribution is -0.144. The minimum absolute atomic E-state index is 0.0195. The summed E-state index contributed by atoms with van der Waals surface area (Å²) in [5.74, 6) is -1.45. The normalized spacial score (nSPS) is 11.5. The zero-order chi connectivity index (χ0) is 16.5. The first-order valence-electron chi connectivity index (χ1n) is 6.91. The molecule has 0 unspecified atom stereocenters. The number of carbonyl (C=O) groups excluding carboxylic acids is 3. The van der Waals surface area contributed by atoms with Crippen molar-refractivity contribution in [3.63, 3.8) is 0 Å². The van der Waals surface area contributed by atoms with Crippen LogP contribution in [0.5, 0.6) is 0 Å². The molecule has 0 spiro atoms. The average molecular weight is 418 g/mol. The lowest BCUT2D eigenvalue weighted by Crippen LogP contribution is -2.45. The van der Waals surface area contributed by atoms with Crippen LogP contribution < -0.4 is 11.1 Å². The third-order valence-electron chi connectivity index (χ3n) is 2.87. The van der Waals surface area contributed by atoms with Crippen LogP contribution >= 0.6 is 22.6 Å². The van der Waals surface area contributed by atoms with Gasteiger partial charge in [-0.25, -0.2) is 0 Å². The number of amides is 2. The number of nitrogens with two attached hydrogens (primary N) is 1. The number of carbonyl (C=O) groups is 3. The SMILES string of the molecule is CCOC(=O)CCC(=O)N[C@@H](Cc1cccc(I)c1)C(N)=O. The minimum atomic E-state index is -0.798. The van der Waals surface area contributed by atoms with Gasteiger partial charge in [0.25, 0.3) is 0 Å². The molecule has 1 aromatic rings. The molecule has 1 aromatic carbocycles. The maximum Gasteiger partial charge on any atom is 0.306 e. The Labute approximate surface area is 142 Å². The highest BCUT2D eigenvalue weighted by molar-refractivity contribution is 14.1. The highest BCUT2D eigenvalue weighted by Gasteiger charge is 2.19. The molecule has 0 heterocycles. The third-order valence-corrected chi connectivity index (χ3v) is 3.54. The first-order chi connectivity index (χ1) is 10.4. The summed E-state index contributed by atoms with van der Waals surface area (Å²) in [4.78, 5) is 34.5. The smallest absolute Gasteiger partial charge is 0.306 e. The number of hydrogen-bond donors (Lipinski definition) is 2. The van der Waals surface area contributed by atoms with Gasteiger partial charge in [0.15, 0.2) is 0 Å². The monoisotopic (exact) mass is 418 g/mol. The van der Waals surface area contributed by atoms with E-state index in [1.54, 1.807) is 6.92 Å². The number of primary amides is 1. The lowest BCUT2D eigenvalue weighted by Gasteiger charge is -2.15. The zero-order valence-corrected chi connectivity index (χ0v) is 14.5. The number of ether oxygens (including phenoxy) is 1. The van der Waals surface area contributed by atoms with E-state index in [2.05, 4.69) is 27.9 Å². The summed E-state index contributed by atoms with van der Waals surface area (Å²) in [6.07, 6.45) is 0.265. The van der Waals surface area contributed by atoms with Crippen molar-refractivity contribution in [1.29, 1.82) is 0 Å². The van der Waals surface area contributed by atoms with E-state index in [9.17, 15) is 14.4 Å².